The van der Waals surface area contributed by atoms with Gasteiger partial charge in [-0.15, -0.1) is 0 Å². The van der Waals surface area contributed by atoms with E-state index in [9.17, 15) is 4.79 Å². The fraction of sp³-hybridized carbons (Fsp3) is 0.286. The molecule has 0 fully saturated rings. The number of hydrogen-bond donors (Lipinski definition) is 0. The lowest BCUT2D eigenvalue weighted by molar-refractivity contribution is -0.107. The van der Waals surface area contributed by atoms with Gasteiger partial charge in [-0.3, -0.25) is 4.79 Å². The molecule has 0 radical (unpaired) electrons. The van der Waals surface area contributed by atoms with Gasteiger partial charge in [-0.2, -0.15) is 0 Å². The molecule has 0 aliphatic carbocycles. The molecule has 2 heterocycles. The van der Waals surface area contributed by atoms with Gasteiger partial charge < -0.3 is 9.47 Å². The van der Waals surface area contributed by atoms with Crippen molar-refractivity contribution in [2.45, 2.75) is 13.3 Å². The lowest BCUT2D eigenvalue weighted by Crippen LogP contribution is -1.92. The van der Waals surface area contributed by atoms with Gasteiger partial charge in [0.15, 0.2) is 11.5 Å². The average molecular weight is 386 g/mol. The second-order valence-corrected chi connectivity index (χ2v) is 7.53. The summed E-state index contributed by atoms with van der Waals surface area (Å²) >= 11 is 6.30. The molecule has 21 heavy (non-hydrogen) atoms. The first-order chi connectivity index (χ1) is 10.2. The molecule has 1 aromatic carbocycles. The van der Waals surface area contributed by atoms with Crippen molar-refractivity contribution in [3.8, 4) is 11.5 Å². The molecule has 0 bridgehead atoms. The lowest BCUT2D eigenvalue weighted by atomic mass is 10.1. The fourth-order valence-corrected chi connectivity index (χ4v) is 4.03. The highest BCUT2D eigenvalue weighted by atomic mass is 79.9. The topological polar surface area (TPSA) is 47.9 Å². The third-order valence-electron chi connectivity index (χ3n) is 2.81. The standard InChI is InChI=1S/C14H12BrNO3S2/c1-2-3-20-14-16-10(13(17)21-14)4-8-5-11-12(6-9(8)15)19-7-18-11/h4-6H,2-3,7H2,1H3/b10-4+. The van der Waals surface area contributed by atoms with Crippen molar-refractivity contribution in [2.75, 3.05) is 12.5 Å². The van der Waals surface area contributed by atoms with Gasteiger partial charge >= 0.3 is 0 Å². The van der Waals surface area contributed by atoms with Crippen molar-refractivity contribution in [1.29, 1.82) is 0 Å². The highest BCUT2D eigenvalue weighted by Gasteiger charge is 2.23. The predicted octanol–water partition coefficient (Wildman–Crippen LogP) is 4.29. The minimum Gasteiger partial charge on any atom is -0.454 e. The number of thioether (sulfide) groups is 2. The van der Waals surface area contributed by atoms with Gasteiger partial charge in [0.2, 0.25) is 11.9 Å². The van der Waals surface area contributed by atoms with Crippen LogP contribution in [0.3, 0.4) is 0 Å². The van der Waals surface area contributed by atoms with Crippen LogP contribution in [0, 0.1) is 0 Å². The Kier molecular flexibility index (Phi) is 4.61. The zero-order chi connectivity index (χ0) is 14.8. The van der Waals surface area contributed by atoms with Gasteiger partial charge in [-0.05, 0) is 47.7 Å². The van der Waals surface area contributed by atoms with Crippen LogP contribution in [0.15, 0.2) is 27.3 Å². The molecule has 0 N–H and O–H groups in total. The summed E-state index contributed by atoms with van der Waals surface area (Å²) in [5.41, 5.74) is 1.33. The Hall–Kier alpha value is -0.920. The maximum atomic E-state index is 12.0. The third-order valence-corrected chi connectivity index (χ3v) is 5.72. The number of nitrogens with zero attached hydrogens (tertiary/aromatic N) is 1. The second kappa shape index (κ2) is 6.46. The van der Waals surface area contributed by atoms with Crippen molar-refractivity contribution < 1.29 is 14.3 Å². The highest BCUT2D eigenvalue weighted by molar-refractivity contribution is 9.10. The Morgan fingerprint density at radius 3 is 2.95 bits per heavy atom. The smallest absolute Gasteiger partial charge is 0.244 e. The number of rotatable bonds is 3. The zero-order valence-corrected chi connectivity index (χ0v) is 14.4. The minimum atomic E-state index is -0.0156. The van der Waals surface area contributed by atoms with Crippen LogP contribution in [0.5, 0.6) is 11.5 Å². The Morgan fingerprint density at radius 1 is 1.43 bits per heavy atom. The number of halogens is 1. The van der Waals surface area contributed by atoms with Crippen LogP contribution in [-0.2, 0) is 4.79 Å². The summed E-state index contributed by atoms with van der Waals surface area (Å²) in [6.45, 7) is 2.34. The van der Waals surface area contributed by atoms with Crippen LogP contribution in [0.4, 0.5) is 0 Å². The molecule has 0 unspecified atom stereocenters. The highest BCUT2D eigenvalue weighted by Crippen LogP contribution is 2.39. The maximum absolute atomic E-state index is 12.0. The largest absolute Gasteiger partial charge is 0.454 e. The molecule has 2 aliphatic heterocycles. The minimum absolute atomic E-state index is 0.0156. The van der Waals surface area contributed by atoms with E-state index in [1.54, 1.807) is 17.8 Å². The average Bonchev–Trinajstić information content (AvgIpc) is 3.04. The van der Waals surface area contributed by atoms with E-state index >= 15 is 0 Å². The summed E-state index contributed by atoms with van der Waals surface area (Å²) in [6, 6.07) is 3.70. The molecule has 4 nitrogen and oxygen atoms in total. The molecule has 0 spiro atoms. The van der Waals surface area contributed by atoms with E-state index in [1.807, 2.05) is 12.1 Å². The van der Waals surface area contributed by atoms with Crippen molar-refractivity contribution >= 4 is 55.0 Å². The van der Waals surface area contributed by atoms with Crippen LogP contribution in [0.25, 0.3) is 6.08 Å². The quantitative estimate of drug-likeness (QED) is 0.726. The van der Waals surface area contributed by atoms with E-state index in [0.717, 1.165) is 26.6 Å². The molecular formula is C14H12BrNO3S2. The van der Waals surface area contributed by atoms with E-state index in [-0.39, 0.29) is 11.9 Å². The molecule has 1 aromatic rings. The van der Waals surface area contributed by atoms with Crippen molar-refractivity contribution in [3.63, 3.8) is 0 Å². The number of hydrogen-bond acceptors (Lipinski definition) is 6. The predicted molar refractivity (Wildman–Crippen MR) is 91.0 cm³/mol. The molecule has 0 saturated carbocycles. The Bertz CT molecular complexity index is 658. The molecule has 110 valence electrons. The number of ether oxygens (including phenoxy) is 2. The number of carbonyl (C=O) groups excluding carboxylic acids is 1. The molecule has 7 heteroatoms. The Morgan fingerprint density at radius 2 is 2.19 bits per heavy atom. The SMILES string of the molecule is CCCSC1=N/C(=C/c2cc3c(cc2Br)OCO3)C(=O)S1. The molecule has 2 aliphatic rings. The summed E-state index contributed by atoms with van der Waals surface area (Å²) in [7, 11) is 0. The molecule has 3 rings (SSSR count). The van der Waals surface area contributed by atoms with Crippen molar-refractivity contribution in [2.24, 2.45) is 4.99 Å². The van der Waals surface area contributed by atoms with Crippen molar-refractivity contribution in [3.05, 3.63) is 27.9 Å². The Labute approximate surface area is 139 Å². The third kappa shape index (κ3) is 3.30. The fourth-order valence-electron chi connectivity index (χ4n) is 1.83. The maximum Gasteiger partial charge on any atom is 0.244 e. The molecule has 0 saturated heterocycles. The van der Waals surface area contributed by atoms with Crippen LogP contribution in [0.2, 0.25) is 0 Å². The van der Waals surface area contributed by atoms with Crippen LogP contribution in [0.1, 0.15) is 18.9 Å². The number of fused-ring (bicyclic) bond motifs is 1. The van der Waals surface area contributed by atoms with Crippen molar-refractivity contribution in [1.82, 2.24) is 0 Å². The normalized spacial score (nSPS) is 18.5. The van der Waals surface area contributed by atoms with Crippen LogP contribution >= 0.6 is 39.5 Å². The van der Waals surface area contributed by atoms with Gasteiger partial charge in [-0.1, -0.05) is 34.6 Å². The van der Waals surface area contributed by atoms with Gasteiger partial charge in [0.1, 0.15) is 10.1 Å². The van der Waals surface area contributed by atoms with E-state index in [2.05, 4.69) is 27.8 Å². The van der Waals surface area contributed by atoms with E-state index < -0.39 is 0 Å². The number of aliphatic imine (C=N–C) groups is 1. The first-order valence-electron chi connectivity index (χ1n) is 6.42. The monoisotopic (exact) mass is 385 g/mol. The van der Waals surface area contributed by atoms with Gasteiger partial charge in [0.25, 0.3) is 0 Å². The van der Waals surface area contributed by atoms with Crippen LogP contribution in [-0.4, -0.2) is 22.0 Å². The molecule has 0 amide bonds. The van der Waals surface area contributed by atoms with Gasteiger partial charge in [0.05, 0.1) is 0 Å². The summed E-state index contributed by atoms with van der Waals surface area (Å²) in [5.74, 6) is 2.37. The molecule has 0 aromatic heterocycles. The summed E-state index contributed by atoms with van der Waals surface area (Å²) in [4.78, 5) is 16.4. The Balaban J connectivity index is 1.88. The number of carbonyl (C=O) groups is 1. The summed E-state index contributed by atoms with van der Waals surface area (Å²) in [6.07, 6.45) is 2.84. The summed E-state index contributed by atoms with van der Waals surface area (Å²) in [5, 5.41) is -0.0156. The second-order valence-electron chi connectivity index (χ2n) is 4.37. The van der Waals surface area contributed by atoms with Crippen LogP contribution < -0.4 is 9.47 Å². The molecular weight excluding hydrogens is 374 g/mol. The zero-order valence-electron chi connectivity index (χ0n) is 11.2. The van der Waals surface area contributed by atoms with E-state index in [0.29, 0.717) is 17.2 Å². The van der Waals surface area contributed by atoms with Gasteiger partial charge in [0, 0.05) is 4.47 Å². The molecule has 0 atom stereocenters. The van der Waals surface area contributed by atoms with Gasteiger partial charge in [-0.25, -0.2) is 4.99 Å². The van der Waals surface area contributed by atoms with E-state index in [1.165, 1.54) is 11.8 Å². The lowest BCUT2D eigenvalue weighted by Gasteiger charge is -2.02. The first-order valence-corrected chi connectivity index (χ1v) is 9.01. The summed E-state index contributed by atoms with van der Waals surface area (Å²) < 4.78 is 12.3. The first kappa shape index (κ1) is 15.0. The number of benzene rings is 1. The van der Waals surface area contributed by atoms with E-state index in [4.69, 9.17) is 9.47 Å².